The Morgan fingerprint density at radius 1 is 0.970 bits per heavy atom. The van der Waals surface area contributed by atoms with Gasteiger partial charge in [0.25, 0.3) is 6.23 Å². The number of hydrogen-bond donors (Lipinski definition) is 0. The Kier molecular flexibility index (Phi) is 4.80. The highest BCUT2D eigenvalue weighted by atomic mass is 79.9. The maximum absolute atomic E-state index is 13.5. The lowest BCUT2D eigenvalue weighted by molar-refractivity contribution is -0.00459. The second kappa shape index (κ2) is 7.85. The molecule has 0 N–H and O–H groups in total. The lowest BCUT2D eigenvalue weighted by Gasteiger charge is -2.37. The average molecular weight is 497 g/mol. The fourth-order valence-corrected chi connectivity index (χ4v) is 5.01. The number of rotatable bonds is 3. The normalized spacial score (nSPS) is 19.0. The molecule has 33 heavy (non-hydrogen) atoms. The van der Waals surface area contributed by atoms with Crippen LogP contribution in [0, 0.1) is 6.92 Å². The molecule has 0 aromatic heterocycles. The second-order valence-corrected chi connectivity index (χ2v) is 9.51. The number of hydrogen-bond acceptors (Lipinski definition) is 4. The summed E-state index contributed by atoms with van der Waals surface area (Å²) in [5.41, 5.74) is 4.81. The van der Waals surface area contributed by atoms with Crippen molar-refractivity contribution < 1.29 is 9.53 Å². The van der Waals surface area contributed by atoms with Gasteiger partial charge in [0.15, 0.2) is 0 Å². The third-order valence-corrected chi connectivity index (χ3v) is 6.89. The summed E-state index contributed by atoms with van der Waals surface area (Å²) < 4.78 is 7.23. The predicted molar refractivity (Wildman–Crippen MR) is 134 cm³/mol. The van der Waals surface area contributed by atoms with E-state index in [9.17, 15) is 4.79 Å². The van der Waals surface area contributed by atoms with Gasteiger partial charge in [-0.15, -0.1) is 0 Å². The van der Waals surface area contributed by atoms with Gasteiger partial charge in [0.05, 0.1) is 11.8 Å². The maximum Gasteiger partial charge on any atom is 0.251 e. The Balaban J connectivity index is 1.43. The minimum Gasteiger partial charge on any atom is -0.461 e. The summed E-state index contributed by atoms with van der Waals surface area (Å²) in [6.07, 6.45) is -0.0904. The molecule has 0 bridgehead atoms. The van der Waals surface area contributed by atoms with Gasteiger partial charge in [-0.3, -0.25) is 4.79 Å². The number of hydrazone groups is 1. The summed E-state index contributed by atoms with van der Waals surface area (Å²) in [6, 6.07) is 28.2. The van der Waals surface area contributed by atoms with Gasteiger partial charge in [-0.05, 0) is 47.5 Å². The van der Waals surface area contributed by atoms with Crippen LogP contribution >= 0.6 is 15.9 Å². The molecule has 5 heteroatoms. The van der Waals surface area contributed by atoms with Crippen molar-refractivity contribution in [1.82, 2.24) is 5.01 Å². The lowest BCUT2D eigenvalue weighted by Crippen LogP contribution is -2.45. The second-order valence-electron chi connectivity index (χ2n) is 8.59. The molecule has 0 amide bonds. The van der Waals surface area contributed by atoms with Crippen LogP contribution in [0.5, 0.6) is 5.75 Å². The minimum absolute atomic E-state index is 0.0629. The first kappa shape index (κ1) is 20.2. The molecule has 4 nitrogen and oxygen atoms in total. The number of Topliss-reactive ketones (excluding diaryl/α,β-unsaturated/α-hetero) is 1. The molecular formula is C28H21BrN2O2. The van der Waals surface area contributed by atoms with E-state index in [1.54, 1.807) is 0 Å². The van der Waals surface area contributed by atoms with Gasteiger partial charge in [0.2, 0.25) is 5.78 Å². The van der Waals surface area contributed by atoms with Crippen LogP contribution in [0.2, 0.25) is 0 Å². The van der Waals surface area contributed by atoms with E-state index in [1.807, 2.05) is 60.5 Å². The molecule has 162 valence electrons. The highest BCUT2D eigenvalue weighted by Crippen LogP contribution is 2.44. The van der Waals surface area contributed by atoms with E-state index in [1.165, 1.54) is 10.8 Å². The largest absolute Gasteiger partial charge is 0.461 e. The summed E-state index contributed by atoms with van der Waals surface area (Å²) in [6.45, 7) is 2.01. The molecule has 0 fully saturated rings. The Bertz CT molecular complexity index is 1430. The first-order valence-corrected chi connectivity index (χ1v) is 11.8. The highest BCUT2D eigenvalue weighted by Gasteiger charge is 2.43. The minimum atomic E-state index is -0.802. The number of ketones is 1. The van der Waals surface area contributed by atoms with Crippen molar-refractivity contribution in [3.05, 3.63) is 112 Å². The van der Waals surface area contributed by atoms with Crippen molar-refractivity contribution in [3.63, 3.8) is 0 Å². The van der Waals surface area contributed by atoms with Gasteiger partial charge in [0.1, 0.15) is 5.75 Å². The Morgan fingerprint density at radius 3 is 2.58 bits per heavy atom. The lowest BCUT2D eigenvalue weighted by atomic mass is 9.95. The van der Waals surface area contributed by atoms with E-state index >= 15 is 0 Å². The fraction of sp³-hybridized carbons (Fsp3) is 0.143. The number of carbonyl (C=O) groups excluding carboxylic acids is 1. The number of halogens is 1. The van der Waals surface area contributed by atoms with Gasteiger partial charge in [-0.2, -0.15) is 5.10 Å². The van der Waals surface area contributed by atoms with Crippen molar-refractivity contribution in [3.8, 4) is 5.75 Å². The molecule has 2 aliphatic heterocycles. The summed E-state index contributed by atoms with van der Waals surface area (Å²) in [7, 11) is 0. The average Bonchev–Trinajstić information content (AvgIpc) is 3.29. The zero-order chi connectivity index (χ0) is 22.5. The van der Waals surface area contributed by atoms with Gasteiger partial charge in [0, 0.05) is 22.0 Å². The van der Waals surface area contributed by atoms with Gasteiger partial charge >= 0.3 is 0 Å². The SMILES string of the molecule is Cc1ccc(C(=O)C2Oc3ccc(Br)cc3C3CC(c4ccc5ccccc5c4)=NN23)cc1. The van der Waals surface area contributed by atoms with Crippen LogP contribution in [0.15, 0.2) is 94.5 Å². The maximum atomic E-state index is 13.5. The van der Waals surface area contributed by atoms with E-state index in [4.69, 9.17) is 9.84 Å². The first-order chi connectivity index (χ1) is 16.1. The first-order valence-electron chi connectivity index (χ1n) is 11.0. The molecule has 0 aliphatic carbocycles. The standard InChI is InChI=1S/C28H21BrN2O2/c1-17-6-8-19(9-7-17)27(32)28-31-25(23-15-22(29)12-13-26(23)33-28)16-24(30-31)21-11-10-18-4-2-3-5-20(18)14-21/h2-15,25,28H,16H2,1H3. The number of ether oxygens (including phenoxy) is 1. The fourth-order valence-electron chi connectivity index (χ4n) is 4.63. The predicted octanol–water partition coefficient (Wildman–Crippen LogP) is 6.66. The third-order valence-electron chi connectivity index (χ3n) is 6.39. The highest BCUT2D eigenvalue weighted by molar-refractivity contribution is 9.10. The summed E-state index contributed by atoms with van der Waals surface area (Å²) in [4.78, 5) is 13.5. The van der Waals surface area contributed by atoms with Crippen LogP contribution in [0.4, 0.5) is 0 Å². The van der Waals surface area contributed by atoms with Crippen LogP contribution < -0.4 is 4.74 Å². The third kappa shape index (κ3) is 3.53. The van der Waals surface area contributed by atoms with Crippen molar-refractivity contribution >= 4 is 38.2 Å². The number of benzene rings is 4. The molecule has 4 aromatic carbocycles. The van der Waals surface area contributed by atoms with Crippen molar-refractivity contribution in [2.24, 2.45) is 5.10 Å². The zero-order valence-corrected chi connectivity index (χ0v) is 19.6. The van der Waals surface area contributed by atoms with E-state index in [-0.39, 0.29) is 11.8 Å². The van der Waals surface area contributed by atoms with E-state index < -0.39 is 6.23 Å². The summed E-state index contributed by atoms with van der Waals surface area (Å²) in [5, 5.41) is 9.17. The molecule has 2 aliphatic rings. The number of fused-ring (bicyclic) bond motifs is 4. The van der Waals surface area contributed by atoms with Gasteiger partial charge < -0.3 is 4.74 Å². The Morgan fingerprint density at radius 2 is 1.76 bits per heavy atom. The van der Waals surface area contributed by atoms with Gasteiger partial charge in [-0.25, -0.2) is 5.01 Å². The van der Waals surface area contributed by atoms with E-state index in [0.29, 0.717) is 12.0 Å². The topological polar surface area (TPSA) is 41.9 Å². The molecule has 0 saturated heterocycles. The van der Waals surface area contributed by atoms with Crippen LogP contribution in [0.25, 0.3) is 10.8 Å². The molecule has 2 unspecified atom stereocenters. The monoisotopic (exact) mass is 496 g/mol. The Hall–Kier alpha value is -3.44. The number of carbonyl (C=O) groups is 1. The molecule has 0 saturated carbocycles. The number of nitrogens with zero attached hydrogens (tertiary/aromatic N) is 2. The van der Waals surface area contributed by atoms with E-state index in [2.05, 4.69) is 52.3 Å². The summed E-state index contributed by atoms with van der Waals surface area (Å²) in [5.74, 6) is 0.650. The number of aryl methyl sites for hydroxylation is 1. The molecule has 0 spiro atoms. The van der Waals surface area contributed by atoms with Crippen LogP contribution in [-0.2, 0) is 0 Å². The van der Waals surface area contributed by atoms with E-state index in [0.717, 1.165) is 32.6 Å². The van der Waals surface area contributed by atoms with Crippen LogP contribution in [-0.4, -0.2) is 22.7 Å². The van der Waals surface area contributed by atoms with Gasteiger partial charge in [-0.1, -0.05) is 82.2 Å². The molecule has 2 atom stereocenters. The smallest absolute Gasteiger partial charge is 0.251 e. The van der Waals surface area contributed by atoms with Crippen molar-refractivity contribution in [1.29, 1.82) is 0 Å². The van der Waals surface area contributed by atoms with Crippen molar-refractivity contribution in [2.75, 3.05) is 0 Å². The molecule has 6 rings (SSSR count). The molecule has 0 radical (unpaired) electrons. The van der Waals surface area contributed by atoms with Crippen LogP contribution in [0.3, 0.4) is 0 Å². The quantitative estimate of drug-likeness (QED) is 0.297. The van der Waals surface area contributed by atoms with Crippen molar-refractivity contribution in [2.45, 2.75) is 25.6 Å². The molecule has 2 heterocycles. The molecule has 4 aromatic rings. The molecular weight excluding hydrogens is 476 g/mol. The Labute approximate surface area is 200 Å². The van der Waals surface area contributed by atoms with Crippen LogP contribution in [0.1, 0.15) is 39.5 Å². The zero-order valence-electron chi connectivity index (χ0n) is 18.0. The summed E-state index contributed by atoms with van der Waals surface area (Å²) >= 11 is 3.58.